The first kappa shape index (κ1) is 15.9. The highest BCUT2D eigenvalue weighted by Crippen LogP contribution is 2.31. The quantitative estimate of drug-likeness (QED) is 0.428. The van der Waals surface area contributed by atoms with Crippen LogP contribution >= 0.6 is 0 Å². The van der Waals surface area contributed by atoms with E-state index >= 15 is 0 Å². The molecule has 0 spiro atoms. The monoisotopic (exact) mass is 284 g/mol. The zero-order valence-corrected chi connectivity index (χ0v) is 12.3. The third-order valence-corrected chi connectivity index (χ3v) is 2.92. The first-order valence-electron chi connectivity index (χ1n) is 6.49. The number of nitro groups is 1. The van der Waals surface area contributed by atoms with Crippen LogP contribution in [0.5, 0.6) is 0 Å². The van der Waals surface area contributed by atoms with E-state index in [1.165, 1.54) is 7.11 Å². The van der Waals surface area contributed by atoms with Crippen LogP contribution in [0, 0.1) is 17.0 Å². The van der Waals surface area contributed by atoms with Gasteiger partial charge in [-0.15, -0.1) is 0 Å². The molecular formula is C12H20N4O4. The molecule has 0 aromatic carbocycles. The molecular weight excluding hydrogens is 264 g/mol. The van der Waals surface area contributed by atoms with Crippen molar-refractivity contribution in [1.82, 2.24) is 9.78 Å². The van der Waals surface area contributed by atoms with Gasteiger partial charge in [-0.25, -0.2) is 4.68 Å². The number of anilines is 1. The Morgan fingerprint density at radius 1 is 1.50 bits per heavy atom. The lowest BCUT2D eigenvalue weighted by Crippen LogP contribution is -2.32. The standard InChI is InChI=1S/C12H20N4O4/c1-5-7-15-12(11(16(18)19)9(3)13-15)14(6-2)8-10(17)20-4/h5-8H2,1-4H3. The Bertz CT molecular complexity index is 498. The number of hydrogen-bond donors (Lipinski definition) is 0. The highest BCUT2D eigenvalue weighted by Gasteiger charge is 2.29. The third kappa shape index (κ3) is 3.25. The van der Waals surface area contributed by atoms with Crippen LogP contribution in [0.3, 0.4) is 0 Å². The zero-order chi connectivity index (χ0) is 15.3. The first-order valence-corrected chi connectivity index (χ1v) is 6.49. The second-order valence-electron chi connectivity index (χ2n) is 4.33. The van der Waals surface area contributed by atoms with Gasteiger partial charge in [0.05, 0.1) is 12.0 Å². The van der Waals surface area contributed by atoms with Gasteiger partial charge < -0.3 is 9.64 Å². The fraction of sp³-hybridized carbons (Fsp3) is 0.667. The number of aryl methyl sites for hydroxylation is 2. The summed E-state index contributed by atoms with van der Waals surface area (Å²) in [5, 5.41) is 15.5. The Hall–Kier alpha value is -2.12. The lowest BCUT2D eigenvalue weighted by molar-refractivity contribution is -0.384. The molecule has 0 aliphatic rings. The second-order valence-corrected chi connectivity index (χ2v) is 4.33. The zero-order valence-electron chi connectivity index (χ0n) is 12.3. The molecule has 0 aliphatic heterocycles. The van der Waals surface area contributed by atoms with Gasteiger partial charge in [0.2, 0.25) is 5.82 Å². The van der Waals surface area contributed by atoms with Gasteiger partial charge in [-0.3, -0.25) is 14.9 Å². The van der Waals surface area contributed by atoms with E-state index in [0.717, 1.165) is 6.42 Å². The summed E-state index contributed by atoms with van der Waals surface area (Å²) in [5.41, 5.74) is 0.297. The predicted molar refractivity (Wildman–Crippen MR) is 73.8 cm³/mol. The summed E-state index contributed by atoms with van der Waals surface area (Å²) < 4.78 is 6.21. The molecule has 1 aromatic rings. The Morgan fingerprint density at radius 3 is 2.60 bits per heavy atom. The molecule has 0 aliphatic carbocycles. The Labute approximate surface area is 117 Å². The Balaban J connectivity index is 3.29. The molecule has 8 heteroatoms. The number of ether oxygens (including phenoxy) is 1. The third-order valence-electron chi connectivity index (χ3n) is 2.92. The van der Waals surface area contributed by atoms with Crippen LogP contribution in [-0.2, 0) is 16.1 Å². The van der Waals surface area contributed by atoms with Crippen LogP contribution in [0.4, 0.5) is 11.5 Å². The largest absolute Gasteiger partial charge is 0.468 e. The van der Waals surface area contributed by atoms with Crippen molar-refractivity contribution in [3.63, 3.8) is 0 Å². The number of rotatable bonds is 7. The average molecular weight is 284 g/mol. The maximum absolute atomic E-state index is 11.4. The second kappa shape index (κ2) is 6.88. The molecule has 20 heavy (non-hydrogen) atoms. The van der Waals surface area contributed by atoms with E-state index in [1.54, 1.807) is 16.5 Å². The molecule has 0 unspecified atom stereocenters. The number of likely N-dealkylation sites (N-methyl/N-ethyl adjacent to an activating group) is 1. The Morgan fingerprint density at radius 2 is 2.15 bits per heavy atom. The van der Waals surface area contributed by atoms with Crippen molar-refractivity contribution in [2.24, 2.45) is 0 Å². The van der Waals surface area contributed by atoms with Gasteiger partial charge >= 0.3 is 11.7 Å². The minimum atomic E-state index is -0.455. The maximum Gasteiger partial charge on any atom is 0.333 e. The van der Waals surface area contributed by atoms with Crippen molar-refractivity contribution < 1.29 is 14.5 Å². The summed E-state index contributed by atoms with van der Waals surface area (Å²) in [7, 11) is 1.29. The highest BCUT2D eigenvalue weighted by atomic mass is 16.6. The molecule has 8 nitrogen and oxygen atoms in total. The molecule has 0 saturated carbocycles. The summed E-state index contributed by atoms with van der Waals surface area (Å²) in [4.78, 5) is 23.8. The molecule has 0 bridgehead atoms. The lowest BCUT2D eigenvalue weighted by Gasteiger charge is -2.21. The molecule has 0 saturated heterocycles. The van der Waals surface area contributed by atoms with Gasteiger partial charge in [-0.1, -0.05) is 6.92 Å². The van der Waals surface area contributed by atoms with E-state index < -0.39 is 10.9 Å². The topological polar surface area (TPSA) is 90.5 Å². The van der Waals surface area contributed by atoms with Crippen molar-refractivity contribution in [2.45, 2.75) is 33.7 Å². The van der Waals surface area contributed by atoms with Crippen molar-refractivity contribution in [1.29, 1.82) is 0 Å². The van der Waals surface area contributed by atoms with Crippen LogP contribution in [0.2, 0.25) is 0 Å². The number of esters is 1. The smallest absolute Gasteiger partial charge is 0.333 e. The Kier molecular flexibility index (Phi) is 5.48. The van der Waals surface area contributed by atoms with Gasteiger partial charge in [-0.05, 0) is 20.3 Å². The average Bonchev–Trinajstić information content (AvgIpc) is 2.72. The number of nitrogens with zero attached hydrogens (tertiary/aromatic N) is 4. The first-order chi connectivity index (χ1) is 9.46. The van der Waals surface area contributed by atoms with E-state index in [4.69, 9.17) is 0 Å². The van der Waals surface area contributed by atoms with Crippen LogP contribution in [0.25, 0.3) is 0 Å². The summed E-state index contributed by atoms with van der Waals surface area (Å²) in [6.45, 7) is 6.35. The van der Waals surface area contributed by atoms with Crippen LogP contribution in [0.15, 0.2) is 0 Å². The van der Waals surface area contributed by atoms with Gasteiger partial charge in [0.1, 0.15) is 12.2 Å². The van der Waals surface area contributed by atoms with Gasteiger partial charge in [0.25, 0.3) is 0 Å². The van der Waals surface area contributed by atoms with Gasteiger partial charge in [0.15, 0.2) is 0 Å². The minimum Gasteiger partial charge on any atom is -0.468 e. The van der Waals surface area contributed by atoms with Crippen LogP contribution < -0.4 is 4.90 Å². The van der Waals surface area contributed by atoms with E-state index in [2.05, 4.69) is 9.84 Å². The molecule has 0 atom stereocenters. The summed E-state index contributed by atoms with van der Waals surface area (Å²) in [6.07, 6.45) is 0.793. The molecule has 0 amide bonds. The molecule has 0 radical (unpaired) electrons. The summed E-state index contributed by atoms with van der Waals surface area (Å²) >= 11 is 0. The molecule has 1 rings (SSSR count). The number of carbonyl (C=O) groups excluding carboxylic acids is 1. The van der Waals surface area contributed by atoms with Crippen LogP contribution in [0.1, 0.15) is 26.0 Å². The van der Waals surface area contributed by atoms with Crippen molar-refractivity contribution in [2.75, 3.05) is 25.1 Å². The van der Waals surface area contributed by atoms with Crippen LogP contribution in [-0.4, -0.2) is 40.9 Å². The fourth-order valence-electron chi connectivity index (χ4n) is 2.01. The molecule has 1 heterocycles. The van der Waals surface area contributed by atoms with E-state index in [1.807, 2.05) is 13.8 Å². The number of aromatic nitrogens is 2. The minimum absolute atomic E-state index is 0.0390. The normalized spacial score (nSPS) is 10.4. The number of hydrogen-bond acceptors (Lipinski definition) is 6. The molecule has 0 fully saturated rings. The number of methoxy groups -OCH3 is 1. The van der Waals surface area contributed by atoms with E-state index in [0.29, 0.717) is 24.6 Å². The van der Waals surface area contributed by atoms with Gasteiger partial charge in [-0.2, -0.15) is 5.10 Å². The highest BCUT2D eigenvalue weighted by molar-refractivity contribution is 5.77. The maximum atomic E-state index is 11.4. The summed E-state index contributed by atoms with van der Waals surface area (Å²) in [6, 6.07) is 0. The predicted octanol–water partition coefficient (Wildman–Crippen LogP) is 1.51. The van der Waals surface area contributed by atoms with E-state index in [-0.39, 0.29) is 12.2 Å². The number of carbonyl (C=O) groups is 1. The van der Waals surface area contributed by atoms with Crippen molar-refractivity contribution in [3.05, 3.63) is 15.8 Å². The molecule has 112 valence electrons. The van der Waals surface area contributed by atoms with Crippen molar-refractivity contribution in [3.8, 4) is 0 Å². The summed E-state index contributed by atoms with van der Waals surface area (Å²) in [5.74, 6) is -0.0784. The molecule has 1 aromatic heterocycles. The SMILES string of the molecule is CCCn1nc(C)c([N+](=O)[O-])c1N(CC)CC(=O)OC. The van der Waals surface area contributed by atoms with E-state index in [9.17, 15) is 14.9 Å². The fourth-order valence-corrected chi connectivity index (χ4v) is 2.01. The molecule has 0 N–H and O–H groups in total. The lowest BCUT2D eigenvalue weighted by atomic mass is 10.3. The van der Waals surface area contributed by atoms with Crippen molar-refractivity contribution >= 4 is 17.5 Å². The van der Waals surface area contributed by atoms with Gasteiger partial charge in [0, 0.05) is 13.1 Å².